The lowest BCUT2D eigenvalue weighted by molar-refractivity contribution is 0.220. The number of rotatable bonds is 5. The van der Waals surface area contributed by atoms with Crippen molar-refractivity contribution < 1.29 is 9.53 Å². The number of carbonyl (C=O) groups is 1. The van der Waals surface area contributed by atoms with Gasteiger partial charge in [-0.15, -0.1) is 11.8 Å². The molecule has 0 radical (unpaired) electrons. The van der Waals surface area contributed by atoms with Crippen LogP contribution in [-0.4, -0.2) is 36.3 Å². The maximum atomic E-state index is 12.1. The van der Waals surface area contributed by atoms with Crippen LogP contribution in [0.2, 0.25) is 0 Å². The second-order valence-electron chi connectivity index (χ2n) is 4.69. The van der Waals surface area contributed by atoms with E-state index in [-0.39, 0.29) is 6.03 Å². The van der Waals surface area contributed by atoms with Crippen LogP contribution in [0.3, 0.4) is 0 Å². The molecular formula is C16H19N3O2S. The van der Waals surface area contributed by atoms with Crippen LogP contribution in [0.25, 0.3) is 0 Å². The van der Waals surface area contributed by atoms with Gasteiger partial charge in [-0.2, -0.15) is 0 Å². The van der Waals surface area contributed by atoms with Crippen LogP contribution >= 0.6 is 11.8 Å². The first-order valence-electron chi connectivity index (χ1n) is 6.78. The van der Waals surface area contributed by atoms with E-state index in [1.807, 2.05) is 30.5 Å². The first-order chi connectivity index (χ1) is 10.6. The number of ether oxygens (including phenoxy) is 1. The Morgan fingerprint density at radius 3 is 2.82 bits per heavy atom. The van der Waals surface area contributed by atoms with Crippen LogP contribution < -0.4 is 10.1 Å². The van der Waals surface area contributed by atoms with E-state index in [2.05, 4.69) is 10.3 Å². The number of amides is 2. The highest BCUT2D eigenvalue weighted by Crippen LogP contribution is 2.28. The second-order valence-corrected chi connectivity index (χ2v) is 5.54. The van der Waals surface area contributed by atoms with E-state index in [0.29, 0.717) is 12.4 Å². The highest BCUT2D eigenvalue weighted by atomic mass is 32.2. The quantitative estimate of drug-likeness (QED) is 0.858. The number of anilines is 1. The number of pyridine rings is 1. The molecule has 2 amide bonds. The van der Waals surface area contributed by atoms with Crippen molar-refractivity contribution in [1.29, 1.82) is 0 Å². The third-order valence-electron chi connectivity index (χ3n) is 3.11. The van der Waals surface area contributed by atoms with E-state index in [4.69, 9.17) is 4.74 Å². The van der Waals surface area contributed by atoms with Crippen molar-refractivity contribution in [3.05, 3.63) is 48.2 Å². The van der Waals surface area contributed by atoms with Crippen molar-refractivity contribution >= 4 is 23.6 Å². The molecule has 2 rings (SSSR count). The zero-order valence-electron chi connectivity index (χ0n) is 12.9. The molecule has 0 saturated heterocycles. The van der Waals surface area contributed by atoms with Gasteiger partial charge in [0.15, 0.2) is 0 Å². The maximum absolute atomic E-state index is 12.1. The van der Waals surface area contributed by atoms with E-state index in [0.717, 1.165) is 16.2 Å². The van der Waals surface area contributed by atoms with Gasteiger partial charge in [0.05, 0.1) is 7.11 Å². The summed E-state index contributed by atoms with van der Waals surface area (Å²) in [5.74, 6) is 1.36. The smallest absolute Gasteiger partial charge is 0.323 e. The Morgan fingerprint density at radius 2 is 2.18 bits per heavy atom. The summed E-state index contributed by atoms with van der Waals surface area (Å²) >= 11 is 1.63. The van der Waals surface area contributed by atoms with Crippen molar-refractivity contribution in [3.8, 4) is 5.75 Å². The molecule has 0 unspecified atom stereocenters. The fourth-order valence-corrected chi connectivity index (χ4v) is 2.51. The molecule has 116 valence electrons. The molecule has 0 fully saturated rings. The molecule has 0 spiro atoms. The number of hydrogen-bond donors (Lipinski definition) is 1. The van der Waals surface area contributed by atoms with Gasteiger partial charge in [0.2, 0.25) is 0 Å². The third-order valence-corrected chi connectivity index (χ3v) is 3.89. The van der Waals surface area contributed by atoms with Gasteiger partial charge in [0.1, 0.15) is 11.6 Å². The minimum atomic E-state index is -0.202. The van der Waals surface area contributed by atoms with E-state index in [1.165, 1.54) is 0 Å². The Morgan fingerprint density at radius 1 is 1.36 bits per heavy atom. The molecular weight excluding hydrogens is 298 g/mol. The molecule has 0 aliphatic carbocycles. The summed E-state index contributed by atoms with van der Waals surface area (Å²) in [6.07, 6.45) is 3.64. The summed E-state index contributed by atoms with van der Waals surface area (Å²) in [5.41, 5.74) is 1.01. The van der Waals surface area contributed by atoms with Gasteiger partial charge in [0.25, 0.3) is 0 Å². The molecule has 0 atom stereocenters. The number of hydrogen-bond acceptors (Lipinski definition) is 4. The van der Waals surface area contributed by atoms with Crippen LogP contribution in [0, 0.1) is 0 Å². The molecule has 0 saturated carbocycles. The van der Waals surface area contributed by atoms with Crippen molar-refractivity contribution in [3.63, 3.8) is 0 Å². The van der Waals surface area contributed by atoms with Crippen LogP contribution in [-0.2, 0) is 6.54 Å². The number of carbonyl (C=O) groups excluding carboxylic acids is 1. The number of aromatic nitrogens is 1. The predicted octanol–water partition coefficient (Wildman–Crippen LogP) is 3.48. The minimum absolute atomic E-state index is 0.202. The molecule has 1 heterocycles. The molecule has 6 heteroatoms. The molecule has 5 nitrogen and oxygen atoms in total. The van der Waals surface area contributed by atoms with E-state index in [9.17, 15) is 4.79 Å². The summed E-state index contributed by atoms with van der Waals surface area (Å²) in [4.78, 5) is 18.9. The Hall–Kier alpha value is -2.21. The molecule has 1 aromatic heterocycles. The van der Waals surface area contributed by atoms with Crippen LogP contribution in [0.15, 0.2) is 47.5 Å². The highest BCUT2D eigenvalue weighted by molar-refractivity contribution is 7.98. The number of nitrogens with zero attached hydrogens (tertiary/aromatic N) is 2. The molecule has 0 aliphatic heterocycles. The van der Waals surface area contributed by atoms with E-state index >= 15 is 0 Å². The Kier molecular flexibility index (Phi) is 5.66. The van der Waals surface area contributed by atoms with Gasteiger partial charge in [-0.25, -0.2) is 9.78 Å². The zero-order chi connectivity index (χ0) is 15.9. The van der Waals surface area contributed by atoms with Crippen LogP contribution in [0.4, 0.5) is 10.6 Å². The van der Waals surface area contributed by atoms with Crippen molar-refractivity contribution in [2.75, 3.05) is 25.7 Å². The van der Waals surface area contributed by atoms with Gasteiger partial charge < -0.3 is 9.64 Å². The lowest BCUT2D eigenvalue weighted by Gasteiger charge is -2.18. The van der Waals surface area contributed by atoms with Gasteiger partial charge in [-0.3, -0.25) is 5.32 Å². The molecule has 1 aromatic carbocycles. The fourth-order valence-electron chi connectivity index (χ4n) is 1.97. The van der Waals surface area contributed by atoms with Crippen molar-refractivity contribution in [2.45, 2.75) is 11.4 Å². The molecule has 2 aromatic rings. The predicted molar refractivity (Wildman–Crippen MR) is 89.5 cm³/mol. The molecule has 22 heavy (non-hydrogen) atoms. The summed E-state index contributed by atoms with van der Waals surface area (Å²) in [6, 6.07) is 11.1. The largest absolute Gasteiger partial charge is 0.496 e. The van der Waals surface area contributed by atoms with E-state index < -0.39 is 0 Å². The summed E-state index contributed by atoms with van der Waals surface area (Å²) in [7, 11) is 3.39. The zero-order valence-corrected chi connectivity index (χ0v) is 13.7. The molecule has 1 N–H and O–H groups in total. The summed E-state index contributed by atoms with van der Waals surface area (Å²) < 4.78 is 5.36. The normalized spacial score (nSPS) is 10.1. The van der Waals surface area contributed by atoms with Crippen LogP contribution in [0.5, 0.6) is 5.75 Å². The number of benzene rings is 1. The topological polar surface area (TPSA) is 54.5 Å². The minimum Gasteiger partial charge on any atom is -0.496 e. The SMILES string of the molecule is COc1cc(CN(C)C(=O)Nc2ccccn2)ccc1SC. The first kappa shape index (κ1) is 16.2. The lowest BCUT2D eigenvalue weighted by Crippen LogP contribution is -2.31. The number of thioether (sulfide) groups is 1. The van der Waals surface area contributed by atoms with Gasteiger partial charge >= 0.3 is 6.03 Å². The lowest BCUT2D eigenvalue weighted by atomic mass is 10.2. The first-order valence-corrected chi connectivity index (χ1v) is 8.00. The van der Waals surface area contributed by atoms with Gasteiger partial charge in [-0.1, -0.05) is 12.1 Å². The number of methoxy groups -OCH3 is 1. The van der Waals surface area contributed by atoms with E-state index in [1.54, 1.807) is 49.1 Å². The average molecular weight is 317 g/mol. The Labute approximate surface area is 134 Å². The van der Waals surface area contributed by atoms with Gasteiger partial charge in [-0.05, 0) is 36.1 Å². The standard InChI is InChI=1S/C16H19N3O2S/c1-19(16(20)18-15-6-4-5-9-17-15)11-12-7-8-14(22-3)13(10-12)21-2/h4-10H,11H2,1-3H3,(H,17,18,20). The highest BCUT2D eigenvalue weighted by Gasteiger charge is 2.11. The van der Waals surface area contributed by atoms with Crippen LogP contribution in [0.1, 0.15) is 5.56 Å². The average Bonchev–Trinajstić information content (AvgIpc) is 2.55. The van der Waals surface area contributed by atoms with Gasteiger partial charge in [0, 0.05) is 24.7 Å². The number of urea groups is 1. The second kappa shape index (κ2) is 7.70. The molecule has 0 bridgehead atoms. The summed E-state index contributed by atoms with van der Waals surface area (Å²) in [6.45, 7) is 0.490. The molecule has 0 aliphatic rings. The van der Waals surface area contributed by atoms with Crippen molar-refractivity contribution in [2.24, 2.45) is 0 Å². The Balaban J connectivity index is 2.02. The summed E-state index contributed by atoms with van der Waals surface area (Å²) in [5, 5.41) is 2.75. The fraction of sp³-hybridized carbons (Fsp3) is 0.250. The monoisotopic (exact) mass is 317 g/mol. The van der Waals surface area contributed by atoms with Crippen molar-refractivity contribution in [1.82, 2.24) is 9.88 Å². The third kappa shape index (κ3) is 4.14. The number of nitrogens with one attached hydrogen (secondary N) is 1. The Bertz CT molecular complexity index is 635. The maximum Gasteiger partial charge on any atom is 0.323 e.